The standard InChI is InChI=1S/C32H37FN2O6/c1-4-22(5-2)20-32(39)12-14-35(15-13-32)31(38)34-24-17-27(40-25-8-6-23(33)7-9-25)19-28(18-24)41-26-10-11-29(30(36)37)21(3)16-26/h6-11,16-19,22,39H,4-5,12-15,20H2,1-3H3,(H,34,38)(H,36,37). The molecule has 1 aliphatic heterocycles. The largest absolute Gasteiger partial charge is 0.478 e. The van der Waals surface area contributed by atoms with Gasteiger partial charge < -0.3 is 29.9 Å². The molecule has 0 atom stereocenters. The minimum atomic E-state index is -1.03. The first-order valence-corrected chi connectivity index (χ1v) is 14.0. The first-order valence-electron chi connectivity index (χ1n) is 14.0. The molecule has 0 radical (unpaired) electrons. The first-order chi connectivity index (χ1) is 19.6. The minimum Gasteiger partial charge on any atom is -0.478 e. The van der Waals surface area contributed by atoms with Gasteiger partial charge in [-0.1, -0.05) is 26.7 Å². The number of ether oxygens (including phenoxy) is 2. The quantitative estimate of drug-likeness (QED) is 0.234. The number of nitrogens with one attached hydrogen (secondary N) is 1. The van der Waals surface area contributed by atoms with Crippen LogP contribution in [0.4, 0.5) is 14.9 Å². The zero-order chi connectivity index (χ0) is 29.6. The molecule has 0 aliphatic carbocycles. The van der Waals surface area contributed by atoms with Crippen molar-refractivity contribution >= 4 is 17.7 Å². The summed E-state index contributed by atoms with van der Waals surface area (Å²) in [5.74, 6) is 0.553. The molecule has 1 fully saturated rings. The highest BCUT2D eigenvalue weighted by molar-refractivity contribution is 5.90. The molecule has 3 N–H and O–H groups in total. The number of aliphatic hydroxyl groups is 1. The number of hydrogen-bond acceptors (Lipinski definition) is 5. The van der Waals surface area contributed by atoms with Crippen molar-refractivity contribution in [3.05, 3.63) is 77.6 Å². The summed E-state index contributed by atoms with van der Waals surface area (Å²) in [6.45, 7) is 6.83. The number of carbonyl (C=O) groups excluding carboxylic acids is 1. The number of aromatic carboxylic acids is 1. The van der Waals surface area contributed by atoms with E-state index >= 15 is 0 Å². The van der Waals surface area contributed by atoms with Crippen molar-refractivity contribution in [2.24, 2.45) is 5.92 Å². The number of hydrogen-bond donors (Lipinski definition) is 3. The lowest BCUT2D eigenvalue weighted by atomic mass is 9.81. The van der Waals surface area contributed by atoms with Crippen molar-refractivity contribution in [2.75, 3.05) is 18.4 Å². The highest BCUT2D eigenvalue weighted by atomic mass is 19.1. The Bertz CT molecular complexity index is 1370. The summed E-state index contributed by atoms with van der Waals surface area (Å²) in [6.07, 6.45) is 3.82. The number of benzene rings is 3. The number of carbonyl (C=O) groups is 2. The SMILES string of the molecule is CCC(CC)CC1(O)CCN(C(=O)Nc2cc(Oc3ccc(F)cc3)cc(Oc3ccc(C(=O)O)c(C)c3)c2)CC1. The van der Waals surface area contributed by atoms with E-state index in [4.69, 9.17) is 9.47 Å². The number of amides is 2. The fourth-order valence-electron chi connectivity index (χ4n) is 5.12. The van der Waals surface area contributed by atoms with E-state index < -0.39 is 17.4 Å². The van der Waals surface area contributed by atoms with Crippen LogP contribution in [-0.4, -0.2) is 45.8 Å². The molecule has 3 aromatic rings. The van der Waals surface area contributed by atoms with E-state index in [0.29, 0.717) is 66.1 Å². The van der Waals surface area contributed by atoms with Crippen LogP contribution in [0, 0.1) is 18.7 Å². The highest BCUT2D eigenvalue weighted by Gasteiger charge is 2.35. The van der Waals surface area contributed by atoms with Gasteiger partial charge in [0.2, 0.25) is 0 Å². The normalized spacial score (nSPS) is 14.5. The van der Waals surface area contributed by atoms with Gasteiger partial charge in [0.25, 0.3) is 0 Å². The topological polar surface area (TPSA) is 108 Å². The van der Waals surface area contributed by atoms with Crippen LogP contribution in [0.15, 0.2) is 60.7 Å². The van der Waals surface area contributed by atoms with Crippen LogP contribution in [-0.2, 0) is 0 Å². The van der Waals surface area contributed by atoms with Crippen LogP contribution in [0.5, 0.6) is 23.0 Å². The molecule has 0 bridgehead atoms. The molecule has 9 heteroatoms. The molecule has 4 rings (SSSR count). The number of halogens is 1. The van der Waals surface area contributed by atoms with E-state index in [1.54, 1.807) is 42.2 Å². The maximum Gasteiger partial charge on any atom is 0.335 e. The number of carboxylic acids is 1. The molecule has 8 nitrogen and oxygen atoms in total. The Kier molecular flexibility index (Phi) is 9.50. The zero-order valence-electron chi connectivity index (χ0n) is 23.7. The predicted molar refractivity (Wildman–Crippen MR) is 155 cm³/mol. The summed E-state index contributed by atoms with van der Waals surface area (Å²) in [5, 5.41) is 23.3. The van der Waals surface area contributed by atoms with Crippen molar-refractivity contribution < 1.29 is 33.7 Å². The second kappa shape index (κ2) is 13.0. The van der Waals surface area contributed by atoms with Gasteiger partial charge in [-0.05, 0) is 80.1 Å². The highest BCUT2D eigenvalue weighted by Crippen LogP contribution is 2.35. The number of urea groups is 1. The number of likely N-dealkylation sites (tertiary alicyclic amines) is 1. The third-order valence-corrected chi connectivity index (χ3v) is 7.65. The van der Waals surface area contributed by atoms with Crippen molar-refractivity contribution in [1.29, 1.82) is 0 Å². The lowest BCUT2D eigenvalue weighted by Crippen LogP contribution is -2.48. The molecular weight excluding hydrogens is 527 g/mol. The summed E-state index contributed by atoms with van der Waals surface area (Å²) in [6, 6.07) is 14.8. The average molecular weight is 565 g/mol. The molecule has 1 heterocycles. The molecule has 1 aliphatic rings. The second-order valence-electron chi connectivity index (χ2n) is 10.7. The van der Waals surface area contributed by atoms with Crippen LogP contribution in [0.25, 0.3) is 0 Å². The van der Waals surface area contributed by atoms with Crippen LogP contribution in [0.2, 0.25) is 0 Å². The van der Waals surface area contributed by atoms with Gasteiger partial charge in [-0.2, -0.15) is 0 Å². The number of aryl methyl sites for hydroxylation is 1. The van der Waals surface area contributed by atoms with Crippen molar-refractivity contribution in [3.8, 4) is 23.0 Å². The Hall–Kier alpha value is -4.11. The summed E-state index contributed by atoms with van der Waals surface area (Å²) in [4.78, 5) is 26.3. The third-order valence-electron chi connectivity index (χ3n) is 7.65. The third kappa shape index (κ3) is 7.98. The Morgan fingerprint density at radius 3 is 2.07 bits per heavy atom. The van der Waals surface area contributed by atoms with E-state index in [1.165, 1.54) is 30.3 Å². The molecule has 218 valence electrons. The molecule has 41 heavy (non-hydrogen) atoms. The van der Waals surface area contributed by atoms with Gasteiger partial charge in [0.1, 0.15) is 28.8 Å². The fraction of sp³-hybridized carbons (Fsp3) is 0.375. The summed E-state index contributed by atoms with van der Waals surface area (Å²) < 4.78 is 25.3. The zero-order valence-corrected chi connectivity index (χ0v) is 23.7. The molecule has 0 unspecified atom stereocenters. The van der Waals surface area contributed by atoms with Crippen LogP contribution in [0.1, 0.15) is 61.9 Å². The molecular formula is C32H37FN2O6. The minimum absolute atomic E-state index is 0.173. The van der Waals surface area contributed by atoms with E-state index in [2.05, 4.69) is 19.2 Å². The van der Waals surface area contributed by atoms with Gasteiger partial charge in [-0.3, -0.25) is 0 Å². The fourth-order valence-corrected chi connectivity index (χ4v) is 5.12. The Morgan fingerprint density at radius 2 is 1.51 bits per heavy atom. The van der Waals surface area contributed by atoms with Gasteiger partial charge in [0, 0.05) is 37.0 Å². The van der Waals surface area contributed by atoms with Crippen LogP contribution >= 0.6 is 0 Å². The second-order valence-corrected chi connectivity index (χ2v) is 10.7. The maximum absolute atomic E-state index is 13.4. The van der Waals surface area contributed by atoms with Crippen molar-refractivity contribution in [2.45, 2.75) is 58.5 Å². The van der Waals surface area contributed by atoms with Gasteiger partial charge >= 0.3 is 12.0 Å². The van der Waals surface area contributed by atoms with E-state index in [9.17, 15) is 24.2 Å². The lowest BCUT2D eigenvalue weighted by Gasteiger charge is -2.39. The monoisotopic (exact) mass is 564 g/mol. The molecule has 3 aromatic carbocycles. The number of piperidine rings is 1. The molecule has 1 saturated heterocycles. The summed E-state index contributed by atoms with van der Waals surface area (Å²) in [5.41, 5.74) is 0.371. The van der Waals surface area contributed by atoms with Crippen molar-refractivity contribution in [1.82, 2.24) is 4.90 Å². The summed E-state index contributed by atoms with van der Waals surface area (Å²) >= 11 is 0. The molecule has 2 amide bonds. The Balaban J connectivity index is 1.51. The van der Waals surface area contributed by atoms with Crippen LogP contribution < -0.4 is 14.8 Å². The van der Waals surface area contributed by atoms with Crippen LogP contribution in [0.3, 0.4) is 0 Å². The van der Waals surface area contributed by atoms with E-state index in [-0.39, 0.29) is 11.6 Å². The van der Waals surface area contributed by atoms with Crippen molar-refractivity contribution in [3.63, 3.8) is 0 Å². The first kappa shape index (κ1) is 29.9. The molecule has 0 aromatic heterocycles. The van der Waals surface area contributed by atoms with Gasteiger partial charge in [-0.25, -0.2) is 14.0 Å². The average Bonchev–Trinajstić information content (AvgIpc) is 2.93. The number of nitrogens with zero attached hydrogens (tertiary/aromatic N) is 1. The summed E-state index contributed by atoms with van der Waals surface area (Å²) in [7, 11) is 0. The number of carboxylic acid groups (broad SMARTS) is 1. The molecule has 0 saturated carbocycles. The predicted octanol–water partition coefficient (Wildman–Crippen LogP) is 7.60. The smallest absolute Gasteiger partial charge is 0.335 e. The number of rotatable bonds is 10. The lowest BCUT2D eigenvalue weighted by molar-refractivity contribution is -0.0309. The number of anilines is 1. The maximum atomic E-state index is 13.4. The Morgan fingerprint density at radius 1 is 0.927 bits per heavy atom. The van der Waals surface area contributed by atoms with Gasteiger partial charge in [0.15, 0.2) is 0 Å². The van der Waals surface area contributed by atoms with Gasteiger partial charge in [0.05, 0.1) is 11.2 Å². The van der Waals surface area contributed by atoms with E-state index in [0.717, 1.165) is 19.3 Å². The van der Waals surface area contributed by atoms with E-state index in [1.807, 2.05) is 0 Å². The van der Waals surface area contributed by atoms with Gasteiger partial charge in [-0.15, -0.1) is 0 Å². The molecule has 0 spiro atoms. The Labute approximate surface area is 239 Å².